The monoisotopic (exact) mass is 262 g/mol. The summed E-state index contributed by atoms with van der Waals surface area (Å²) in [6, 6.07) is 9.82. The van der Waals surface area contributed by atoms with E-state index >= 15 is 0 Å². The summed E-state index contributed by atoms with van der Waals surface area (Å²) >= 11 is 6.21. The number of halogens is 1. The molecule has 0 saturated carbocycles. The summed E-state index contributed by atoms with van der Waals surface area (Å²) in [5.41, 5.74) is 1.78. The normalized spacial score (nSPS) is 11.4. The van der Waals surface area contributed by atoms with Gasteiger partial charge in [0.05, 0.1) is 12.1 Å². The molecular formula is C13H15ClN4. The maximum absolute atomic E-state index is 8.73. The van der Waals surface area contributed by atoms with E-state index in [4.69, 9.17) is 22.1 Å². The van der Waals surface area contributed by atoms with Crippen molar-refractivity contribution in [3.63, 3.8) is 0 Å². The van der Waals surface area contributed by atoms with Crippen LogP contribution in [-0.4, -0.2) is 20.1 Å². The molecule has 4 nitrogen and oxygen atoms in total. The van der Waals surface area contributed by atoms with E-state index in [0.717, 1.165) is 11.3 Å². The zero-order chi connectivity index (χ0) is 13.5. The van der Waals surface area contributed by atoms with Crippen molar-refractivity contribution in [2.24, 2.45) is 0 Å². The third-order valence-electron chi connectivity index (χ3n) is 2.77. The Morgan fingerprint density at radius 1 is 1.33 bits per heavy atom. The highest BCUT2D eigenvalue weighted by atomic mass is 35.5. The smallest absolute Gasteiger partial charge is 0.106 e. The van der Waals surface area contributed by atoms with E-state index in [9.17, 15) is 0 Å². The molecule has 5 heteroatoms. The summed E-state index contributed by atoms with van der Waals surface area (Å²) in [6.07, 6.45) is 0. The minimum atomic E-state index is 0.159. The quantitative estimate of drug-likeness (QED) is 0.828. The Kier molecular flexibility index (Phi) is 5.45. The average molecular weight is 263 g/mol. The molecule has 1 unspecified atom stereocenters. The minimum Gasteiger partial charge on any atom is -0.345 e. The van der Waals surface area contributed by atoms with Crippen LogP contribution in [0.25, 0.3) is 0 Å². The van der Waals surface area contributed by atoms with Crippen LogP contribution in [0.15, 0.2) is 18.2 Å². The summed E-state index contributed by atoms with van der Waals surface area (Å²) in [5, 5.41) is 21.2. The number of nitrogens with zero attached hydrogens (tertiary/aromatic N) is 3. The summed E-state index contributed by atoms with van der Waals surface area (Å²) in [5.74, 6) is 0. The van der Waals surface area contributed by atoms with E-state index in [0.29, 0.717) is 5.02 Å². The van der Waals surface area contributed by atoms with E-state index in [1.165, 1.54) is 0 Å². The summed E-state index contributed by atoms with van der Waals surface area (Å²) < 4.78 is 0. The van der Waals surface area contributed by atoms with Crippen LogP contribution in [0.2, 0.25) is 5.02 Å². The molecule has 0 amide bonds. The predicted octanol–water partition coefficient (Wildman–Crippen LogP) is 2.47. The molecule has 1 atom stereocenters. The van der Waals surface area contributed by atoms with Gasteiger partial charge in [0.1, 0.15) is 13.1 Å². The van der Waals surface area contributed by atoms with Crippen LogP contribution in [0.1, 0.15) is 18.5 Å². The molecule has 94 valence electrons. The average Bonchev–Trinajstić information content (AvgIpc) is 2.37. The maximum atomic E-state index is 8.73. The predicted molar refractivity (Wildman–Crippen MR) is 72.4 cm³/mol. The fourth-order valence-corrected chi connectivity index (χ4v) is 1.97. The highest BCUT2D eigenvalue weighted by Gasteiger charge is 2.11. The number of nitrogens with one attached hydrogen (secondary N) is 1. The molecule has 1 aromatic rings. The van der Waals surface area contributed by atoms with Gasteiger partial charge < -0.3 is 10.2 Å². The fourth-order valence-electron chi connectivity index (χ4n) is 1.63. The molecule has 1 rings (SSSR count). The lowest BCUT2D eigenvalue weighted by Gasteiger charge is -2.20. The Morgan fingerprint density at radius 2 is 1.94 bits per heavy atom. The maximum Gasteiger partial charge on any atom is 0.106 e. The van der Waals surface area contributed by atoms with Gasteiger partial charge in [0.15, 0.2) is 0 Å². The lowest BCUT2D eigenvalue weighted by Crippen LogP contribution is -2.24. The molecule has 0 bridgehead atoms. The Labute approximate surface area is 112 Å². The van der Waals surface area contributed by atoms with E-state index < -0.39 is 0 Å². The van der Waals surface area contributed by atoms with Crippen molar-refractivity contribution in [3.8, 4) is 12.1 Å². The number of hydrogen-bond donors (Lipinski definition) is 1. The van der Waals surface area contributed by atoms with E-state index in [2.05, 4.69) is 5.32 Å². The molecule has 0 aliphatic carbocycles. The van der Waals surface area contributed by atoms with Gasteiger partial charge in [-0.3, -0.25) is 0 Å². The summed E-state index contributed by atoms with van der Waals surface area (Å²) in [7, 11) is 1.87. The first-order valence-corrected chi connectivity index (χ1v) is 5.97. The fraction of sp³-hybridized carbons (Fsp3) is 0.385. The number of rotatable bonds is 5. The Hall–Kier alpha value is -1.75. The first kappa shape index (κ1) is 14.3. The van der Waals surface area contributed by atoms with Crippen LogP contribution in [0.4, 0.5) is 5.69 Å². The largest absolute Gasteiger partial charge is 0.345 e. The van der Waals surface area contributed by atoms with Gasteiger partial charge in [-0.15, -0.1) is 0 Å². The van der Waals surface area contributed by atoms with Crippen LogP contribution >= 0.6 is 11.6 Å². The van der Waals surface area contributed by atoms with Crippen LogP contribution in [-0.2, 0) is 0 Å². The lowest BCUT2D eigenvalue weighted by atomic mass is 10.1. The van der Waals surface area contributed by atoms with Gasteiger partial charge in [-0.05, 0) is 31.7 Å². The molecule has 0 radical (unpaired) electrons. The van der Waals surface area contributed by atoms with Crippen LogP contribution in [0, 0.1) is 22.7 Å². The molecule has 0 aliphatic heterocycles. The number of hydrogen-bond acceptors (Lipinski definition) is 4. The molecule has 0 spiro atoms. The van der Waals surface area contributed by atoms with Crippen molar-refractivity contribution in [2.45, 2.75) is 13.0 Å². The SMILES string of the molecule is CNC(C)c1ccc(N(CC#N)CC#N)cc1Cl. The number of anilines is 1. The second kappa shape index (κ2) is 6.86. The molecule has 0 aromatic heterocycles. The van der Waals surface area contributed by atoms with Crippen molar-refractivity contribution in [3.05, 3.63) is 28.8 Å². The molecule has 0 saturated heterocycles. The molecule has 0 fully saturated rings. The molecular weight excluding hydrogens is 248 g/mol. The minimum absolute atomic E-state index is 0.159. The van der Waals surface area contributed by atoms with Gasteiger partial charge in [0.25, 0.3) is 0 Å². The standard InChI is InChI=1S/C13H15ClN4/c1-10(17-2)12-4-3-11(9-13(12)14)18(7-5-15)8-6-16/h3-4,9-10,17H,7-8H2,1-2H3. The summed E-state index contributed by atoms with van der Waals surface area (Å²) in [4.78, 5) is 1.68. The molecule has 1 aromatic carbocycles. The van der Waals surface area contributed by atoms with Crippen LogP contribution in [0.5, 0.6) is 0 Å². The highest BCUT2D eigenvalue weighted by molar-refractivity contribution is 6.31. The highest BCUT2D eigenvalue weighted by Crippen LogP contribution is 2.27. The van der Waals surface area contributed by atoms with Gasteiger partial charge in [0.2, 0.25) is 0 Å². The van der Waals surface area contributed by atoms with Crippen molar-refractivity contribution in [2.75, 3.05) is 25.0 Å². The Bertz CT molecular complexity index is 471. The van der Waals surface area contributed by atoms with Crippen molar-refractivity contribution in [1.82, 2.24) is 5.32 Å². The first-order valence-electron chi connectivity index (χ1n) is 5.59. The second-order valence-corrected chi connectivity index (χ2v) is 4.30. The van der Waals surface area contributed by atoms with Crippen molar-refractivity contribution < 1.29 is 0 Å². The Balaban J connectivity index is 3.02. The van der Waals surface area contributed by atoms with Gasteiger partial charge in [0, 0.05) is 16.8 Å². The van der Waals surface area contributed by atoms with Gasteiger partial charge >= 0.3 is 0 Å². The zero-order valence-electron chi connectivity index (χ0n) is 10.4. The number of nitriles is 2. The van der Waals surface area contributed by atoms with Crippen molar-refractivity contribution >= 4 is 17.3 Å². The van der Waals surface area contributed by atoms with Gasteiger partial charge in [-0.2, -0.15) is 10.5 Å². The first-order chi connectivity index (χ1) is 8.63. The third-order valence-corrected chi connectivity index (χ3v) is 3.10. The van der Waals surface area contributed by atoms with Gasteiger partial charge in [-0.1, -0.05) is 17.7 Å². The lowest BCUT2D eigenvalue weighted by molar-refractivity contribution is 0.652. The van der Waals surface area contributed by atoms with Crippen LogP contribution in [0.3, 0.4) is 0 Å². The Morgan fingerprint density at radius 3 is 2.39 bits per heavy atom. The zero-order valence-corrected chi connectivity index (χ0v) is 11.2. The molecule has 0 heterocycles. The van der Waals surface area contributed by atoms with Crippen molar-refractivity contribution in [1.29, 1.82) is 10.5 Å². The van der Waals surface area contributed by atoms with Crippen LogP contribution < -0.4 is 10.2 Å². The van der Waals surface area contributed by atoms with Gasteiger partial charge in [-0.25, -0.2) is 0 Å². The van der Waals surface area contributed by atoms with E-state index in [-0.39, 0.29) is 19.1 Å². The second-order valence-electron chi connectivity index (χ2n) is 3.89. The third kappa shape index (κ3) is 3.37. The van der Waals surface area contributed by atoms with E-state index in [1.54, 1.807) is 11.0 Å². The van der Waals surface area contributed by atoms with E-state index in [1.807, 2.05) is 38.2 Å². The molecule has 1 N–H and O–H groups in total. The molecule has 0 aliphatic rings. The summed E-state index contributed by atoms with van der Waals surface area (Å²) in [6.45, 7) is 2.36. The topological polar surface area (TPSA) is 62.9 Å². The number of benzene rings is 1. The molecule has 18 heavy (non-hydrogen) atoms.